The molecular formula is C12H15F3N2O. The number of nitrogen functional groups attached to an aromatic ring is 1. The van der Waals surface area contributed by atoms with Gasteiger partial charge in [-0.2, -0.15) is 13.2 Å². The molecule has 0 aliphatic carbocycles. The van der Waals surface area contributed by atoms with Crippen LogP contribution in [0.25, 0.3) is 0 Å². The number of benzene rings is 1. The number of rotatable bonds is 4. The molecule has 3 nitrogen and oxygen atoms in total. The summed E-state index contributed by atoms with van der Waals surface area (Å²) in [4.78, 5) is 12.6. The maximum absolute atomic E-state index is 12.1. The molecule has 0 unspecified atom stereocenters. The van der Waals surface area contributed by atoms with E-state index in [0.717, 1.165) is 0 Å². The molecule has 0 atom stereocenters. The van der Waals surface area contributed by atoms with Gasteiger partial charge in [0.25, 0.3) is 0 Å². The molecule has 0 aliphatic heterocycles. The fourth-order valence-corrected chi connectivity index (χ4v) is 1.53. The summed E-state index contributed by atoms with van der Waals surface area (Å²) >= 11 is 0. The van der Waals surface area contributed by atoms with E-state index >= 15 is 0 Å². The second kappa shape index (κ2) is 5.29. The number of Topliss-reactive ketones (excluding diaryl/α,β-unsaturated/α-hetero) is 1. The van der Waals surface area contributed by atoms with Crippen molar-refractivity contribution in [1.29, 1.82) is 0 Å². The summed E-state index contributed by atoms with van der Waals surface area (Å²) in [5, 5.41) is 0. The summed E-state index contributed by atoms with van der Waals surface area (Å²) in [6, 6.07) is 4.62. The first-order valence-electron chi connectivity index (χ1n) is 5.39. The number of alkyl halides is 3. The molecular weight excluding hydrogens is 245 g/mol. The smallest absolute Gasteiger partial charge is 0.390 e. The Kier molecular flexibility index (Phi) is 4.21. The third-order valence-corrected chi connectivity index (χ3v) is 2.59. The molecule has 0 spiro atoms. The number of nitrogens with zero attached hydrogens (tertiary/aromatic N) is 1. The first kappa shape index (κ1) is 14.3. The second-order valence-corrected chi connectivity index (χ2v) is 4.11. The minimum absolute atomic E-state index is 0.150. The van der Waals surface area contributed by atoms with Gasteiger partial charge in [-0.1, -0.05) is 0 Å². The highest BCUT2D eigenvalue weighted by Gasteiger charge is 2.27. The molecule has 1 aromatic rings. The SMILES string of the molecule is CC(=O)c1ccc(N(C)CCC(F)(F)F)cc1N. The second-order valence-electron chi connectivity index (χ2n) is 4.11. The van der Waals surface area contributed by atoms with Crippen molar-refractivity contribution < 1.29 is 18.0 Å². The van der Waals surface area contributed by atoms with E-state index in [-0.39, 0.29) is 18.0 Å². The predicted octanol–water partition coefficient (Wildman–Crippen LogP) is 2.86. The van der Waals surface area contributed by atoms with E-state index in [0.29, 0.717) is 11.3 Å². The summed E-state index contributed by atoms with van der Waals surface area (Å²) in [5.41, 5.74) is 6.88. The molecule has 1 rings (SSSR count). The van der Waals surface area contributed by atoms with Crippen LogP contribution < -0.4 is 10.6 Å². The molecule has 0 heterocycles. The molecule has 0 saturated carbocycles. The van der Waals surface area contributed by atoms with E-state index in [1.54, 1.807) is 13.1 Å². The first-order valence-corrected chi connectivity index (χ1v) is 5.39. The molecule has 2 N–H and O–H groups in total. The van der Waals surface area contributed by atoms with Crippen molar-refractivity contribution in [2.24, 2.45) is 0 Å². The third-order valence-electron chi connectivity index (χ3n) is 2.59. The van der Waals surface area contributed by atoms with Gasteiger partial charge in [0.2, 0.25) is 0 Å². The molecule has 0 fully saturated rings. The predicted molar refractivity (Wildman–Crippen MR) is 64.8 cm³/mol. The molecule has 0 radical (unpaired) electrons. The topological polar surface area (TPSA) is 46.3 Å². The zero-order valence-corrected chi connectivity index (χ0v) is 10.2. The van der Waals surface area contributed by atoms with Crippen LogP contribution in [-0.2, 0) is 0 Å². The maximum atomic E-state index is 12.1. The first-order chi connectivity index (χ1) is 8.20. The largest absolute Gasteiger partial charge is 0.398 e. The summed E-state index contributed by atoms with van der Waals surface area (Å²) in [5.74, 6) is -0.169. The standard InChI is InChI=1S/C12H15F3N2O/c1-8(18)10-4-3-9(7-11(10)16)17(2)6-5-12(13,14)15/h3-4,7H,5-6,16H2,1-2H3. The fourth-order valence-electron chi connectivity index (χ4n) is 1.53. The summed E-state index contributed by atoms with van der Waals surface area (Å²) < 4.78 is 36.3. The van der Waals surface area contributed by atoms with Gasteiger partial charge >= 0.3 is 6.18 Å². The Morgan fingerprint density at radius 1 is 1.39 bits per heavy atom. The number of anilines is 2. The van der Waals surface area contributed by atoms with E-state index in [2.05, 4.69) is 0 Å². The molecule has 6 heteroatoms. The van der Waals surface area contributed by atoms with Crippen molar-refractivity contribution >= 4 is 17.2 Å². The van der Waals surface area contributed by atoms with Crippen molar-refractivity contribution in [2.45, 2.75) is 19.5 Å². The quantitative estimate of drug-likeness (QED) is 0.669. The number of nitrogens with two attached hydrogens (primary N) is 1. The minimum atomic E-state index is -4.18. The Morgan fingerprint density at radius 3 is 2.44 bits per heavy atom. The normalized spacial score (nSPS) is 11.4. The molecule has 0 bridgehead atoms. The highest BCUT2D eigenvalue weighted by atomic mass is 19.4. The lowest BCUT2D eigenvalue weighted by Gasteiger charge is -2.21. The number of hydrogen-bond acceptors (Lipinski definition) is 3. The van der Waals surface area contributed by atoms with Crippen LogP contribution in [0.4, 0.5) is 24.5 Å². The summed E-state index contributed by atoms with van der Waals surface area (Å²) in [6.07, 6.45) is -5.07. The van der Waals surface area contributed by atoms with Crippen molar-refractivity contribution in [2.75, 3.05) is 24.2 Å². The third kappa shape index (κ3) is 3.94. The lowest BCUT2D eigenvalue weighted by molar-refractivity contribution is -0.132. The van der Waals surface area contributed by atoms with Crippen LogP contribution in [0, 0.1) is 0 Å². The van der Waals surface area contributed by atoms with Crippen LogP contribution in [0.2, 0.25) is 0 Å². The van der Waals surface area contributed by atoms with Gasteiger partial charge in [0.05, 0.1) is 6.42 Å². The fraction of sp³-hybridized carbons (Fsp3) is 0.417. The number of halogens is 3. The highest BCUT2D eigenvalue weighted by molar-refractivity contribution is 5.99. The summed E-state index contributed by atoms with van der Waals surface area (Å²) in [7, 11) is 1.55. The van der Waals surface area contributed by atoms with Crippen molar-refractivity contribution in [3.63, 3.8) is 0 Å². The molecule has 0 amide bonds. The molecule has 1 aromatic carbocycles. The Hall–Kier alpha value is -1.72. The zero-order valence-electron chi connectivity index (χ0n) is 10.2. The van der Waals surface area contributed by atoms with Crippen LogP contribution in [-0.4, -0.2) is 25.6 Å². The Bertz CT molecular complexity index is 443. The molecule has 0 aromatic heterocycles. The van der Waals surface area contributed by atoms with Crippen molar-refractivity contribution in [1.82, 2.24) is 0 Å². The van der Waals surface area contributed by atoms with Crippen molar-refractivity contribution in [3.8, 4) is 0 Å². The van der Waals surface area contributed by atoms with Gasteiger partial charge < -0.3 is 10.6 Å². The highest BCUT2D eigenvalue weighted by Crippen LogP contribution is 2.24. The molecule has 18 heavy (non-hydrogen) atoms. The Balaban J connectivity index is 2.78. The van der Waals surface area contributed by atoms with E-state index in [1.807, 2.05) is 0 Å². The van der Waals surface area contributed by atoms with Gasteiger partial charge in [-0.05, 0) is 25.1 Å². The van der Waals surface area contributed by atoms with Crippen LogP contribution in [0.15, 0.2) is 18.2 Å². The van der Waals surface area contributed by atoms with Gasteiger partial charge in [-0.15, -0.1) is 0 Å². The minimum Gasteiger partial charge on any atom is -0.398 e. The van der Waals surface area contributed by atoms with Crippen LogP contribution >= 0.6 is 0 Å². The number of hydrogen-bond donors (Lipinski definition) is 1. The van der Waals surface area contributed by atoms with Gasteiger partial charge in [0.15, 0.2) is 5.78 Å². The van der Waals surface area contributed by atoms with Gasteiger partial charge in [-0.3, -0.25) is 4.79 Å². The van der Waals surface area contributed by atoms with Crippen LogP contribution in [0.1, 0.15) is 23.7 Å². The summed E-state index contributed by atoms with van der Waals surface area (Å²) in [6.45, 7) is 1.24. The Labute approximate surface area is 103 Å². The Morgan fingerprint density at radius 2 is 2.00 bits per heavy atom. The van der Waals surface area contributed by atoms with E-state index in [1.165, 1.54) is 24.0 Å². The maximum Gasteiger partial charge on any atom is 0.390 e. The number of ketones is 1. The average Bonchev–Trinajstić information content (AvgIpc) is 2.24. The van der Waals surface area contributed by atoms with E-state index in [9.17, 15) is 18.0 Å². The molecule has 100 valence electrons. The monoisotopic (exact) mass is 260 g/mol. The van der Waals surface area contributed by atoms with Gasteiger partial charge in [0, 0.05) is 30.5 Å². The van der Waals surface area contributed by atoms with E-state index in [4.69, 9.17) is 5.73 Å². The molecule has 0 saturated heterocycles. The van der Waals surface area contributed by atoms with Crippen LogP contribution in [0.5, 0.6) is 0 Å². The zero-order chi connectivity index (χ0) is 13.9. The lowest BCUT2D eigenvalue weighted by atomic mass is 10.1. The van der Waals surface area contributed by atoms with E-state index < -0.39 is 12.6 Å². The van der Waals surface area contributed by atoms with Gasteiger partial charge in [-0.25, -0.2) is 0 Å². The number of carbonyl (C=O) groups excluding carboxylic acids is 1. The lowest BCUT2D eigenvalue weighted by Crippen LogP contribution is -2.24. The number of carbonyl (C=O) groups is 1. The van der Waals surface area contributed by atoms with Gasteiger partial charge in [0.1, 0.15) is 0 Å². The van der Waals surface area contributed by atoms with Crippen LogP contribution in [0.3, 0.4) is 0 Å². The van der Waals surface area contributed by atoms with Crippen molar-refractivity contribution in [3.05, 3.63) is 23.8 Å². The average molecular weight is 260 g/mol. The molecule has 0 aliphatic rings.